The first-order chi connectivity index (χ1) is 24.3. The number of methoxy groups -OCH3 is 2. The zero-order valence-electron chi connectivity index (χ0n) is 27.3. The average Bonchev–Trinajstić information content (AvgIpc) is 3.65. The van der Waals surface area contributed by atoms with Crippen molar-refractivity contribution in [2.24, 2.45) is 0 Å². The topological polar surface area (TPSA) is 18.5 Å². The first-order valence-electron chi connectivity index (χ1n) is 16.8. The van der Waals surface area contributed by atoms with Gasteiger partial charge in [0.05, 0.1) is 19.6 Å². The molecule has 232 valence electrons. The van der Waals surface area contributed by atoms with Crippen molar-refractivity contribution in [1.82, 2.24) is 0 Å². The van der Waals surface area contributed by atoms with Gasteiger partial charge >= 0.3 is 0 Å². The van der Waals surface area contributed by atoms with Gasteiger partial charge in [0, 0.05) is 11.1 Å². The highest BCUT2D eigenvalue weighted by atomic mass is 16.5. The van der Waals surface area contributed by atoms with Crippen molar-refractivity contribution in [3.8, 4) is 56.0 Å². The van der Waals surface area contributed by atoms with E-state index in [-0.39, 0.29) is 0 Å². The molecule has 49 heavy (non-hydrogen) atoms. The standard InChI is InChI=1S/C47H32O2/c1-48-41-27-25-35(33-21-11-15-29-13-3-5-17-31(29)33)43-37-19-7-9-23-39(37)47(45(41)43)40-24-10-8-20-38(40)44-36(26-28-42(49-2)46(44)47)34-22-12-16-30-14-4-6-18-32(30)34/h3-28H,1-2H3. The lowest BCUT2D eigenvalue weighted by Crippen LogP contribution is -2.27. The molecule has 0 amide bonds. The molecule has 2 nitrogen and oxygen atoms in total. The highest BCUT2D eigenvalue weighted by Gasteiger charge is 2.56. The summed E-state index contributed by atoms with van der Waals surface area (Å²) < 4.78 is 12.8. The van der Waals surface area contributed by atoms with E-state index in [1.165, 1.54) is 88.3 Å². The molecule has 8 aromatic rings. The highest BCUT2D eigenvalue weighted by molar-refractivity contribution is 6.09. The molecule has 0 saturated heterocycles. The predicted molar refractivity (Wildman–Crippen MR) is 202 cm³/mol. The molecule has 0 aliphatic heterocycles. The molecule has 0 heterocycles. The lowest BCUT2D eigenvalue weighted by molar-refractivity contribution is 0.398. The van der Waals surface area contributed by atoms with Crippen molar-refractivity contribution in [2.45, 2.75) is 5.41 Å². The zero-order chi connectivity index (χ0) is 32.7. The molecule has 0 bridgehead atoms. The highest BCUT2D eigenvalue weighted by Crippen LogP contribution is 2.68. The van der Waals surface area contributed by atoms with E-state index in [0.29, 0.717) is 0 Å². The zero-order valence-corrected chi connectivity index (χ0v) is 27.3. The van der Waals surface area contributed by atoms with E-state index in [9.17, 15) is 0 Å². The molecule has 1 spiro atoms. The van der Waals surface area contributed by atoms with Gasteiger partial charge in [-0.05, 0) is 89.3 Å². The van der Waals surface area contributed by atoms with Crippen LogP contribution in [0.4, 0.5) is 0 Å². The maximum Gasteiger partial charge on any atom is 0.124 e. The third kappa shape index (κ3) is 3.61. The Morgan fingerprint density at radius 3 is 1.20 bits per heavy atom. The van der Waals surface area contributed by atoms with E-state index >= 15 is 0 Å². The van der Waals surface area contributed by atoms with Gasteiger partial charge in [0.15, 0.2) is 0 Å². The van der Waals surface area contributed by atoms with Gasteiger partial charge in [-0.15, -0.1) is 0 Å². The van der Waals surface area contributed by atoms with Gasteiger partial charge in [-0.3, -0.25) is 0 Å². The van der Waals surface area contributed by atoms with Gasteiger partial charge < -0.3 is 9.47 Å². The summed E-state index contributed by atoms with van der Waals surface area (Å²) in [7, 11) is 3.60. The Hall–Kier alpha value is -6.12. The number of fused-ring (bicyclic) bond motifs is 12. The smallest absolute Gasteiger partial charge is 0.124 e. The molecular formula is C47H32O2. The van der Waals surface area contributed by atoms with Crippen LogP contribution in [0.1, 0.15) is 22.3 Å². The van der Waals surface area contributed by atoms with Crippen LogP contribution in [0.15, 0.2) is 158 Å². The summed E-state index contributed by atoms with van der Waals surface area (Å²) in [5, 5.41) is 4.92. The molecule has 0 N–H and O–H groups in total. The van der Waals surface area contributed by atoms with Crippen LogP contribution in [-0.4, -0.2) is 14.2 Å². The van der Waals surface area contributed by atoms with E-state index in [1.54, 1.807) is 14.2 Å². The molecule has 0 unspecified atom stereocenters. The summed E-state index contributed by atoms with van der Waals surface area (Å²) in [4.78, 5) is 0. The quantitative estimate of drug-likeness (QED) is 0.193. The van der Waals surface area contributed by atoms with Crippen LogP contribution < -0.4 is 9.47 Å². The Bertz CT molecular complexity index is 2450. The molecule has 2 aliphatic rings. The van der Waals surface area contributed by atoms with Crippen molar-refractivity contribution in [3.63, 3.8) is 0 Å². The van der Waals surface area contributed by atoms with Crippen LogP contribution in [0.3, 0.4) is 0 Å². The fourth-order valence-electron chi connectivity index (χ4n) is 9.05. The number of rotatable bonds is 4. The van der Waals surface area contributed by atoms with Gasteiger partial charge in [-0.25, -0.2) is 0 Å². The van der Waals surface area contributed by atoms with Gasteiger partial charge in [-0.2, -0.15) is 0 Å². The minimum Gasteiger partial charge on any atom is -0.496 e. The summed E-state index contributed by atoms with van der Waals surface area (Å²) in [5.41, 5.74) is 13.9. The van der Waals surface area contributed by atoms with E-state index in [0.717, 1.165) is 11.5 Å². The Morgan fingerprint density at radius 1 is 0.347 bits per heavy atom. The second-order valence-corrected chi connectivity index (χ2v) is 13.0. The number of hydrogen-bond acceptors (Lipinski definition) is 2. The SMILES string of the molecule is COc1ccc(-c2cccc3ccccc23)c2c1C1(c3ccccc3-2)c2ccccc2-c2c(-c3cccc4ccccc34)ccc(OC)c21. The Morgan fingerprint density at radius 2 is 0.735 bits per heavy atom. The summed E-state index contributed by atoms with van der Waals surface area (Å²) in [6.07, 6.45) is 0. The molecule has 2 heteroatoms. The third-order valence-electron chi connectivity index (χ3n) is 10.9. The molecule has 10 rings (SSSR count). The lowest BCUT2D eigenvalue weighted by Gasteiger charge is -2.33. The molecule has 0 aromatic heterocycles. The Balaban J connectivity index is 1.40. The van der Waals surface area contributed by atoms with Gasteiger partial charge in [0.25, 0.3) is 0 Å². The number of hydrogen-bond donors (Lipinski definition) is 0. The monoisotopic (exact) mass is 628 g/mol. The van der Waals surface area contributed by atoms with E-state index in [2.05, 4.69) is 158 Å². The predicted octanol–water partition coefficient (Wildman–Crippen LogP) is 11.7. The van der Waals surface area contributed by atoms with Crippen LogP contribution >= 0.6 is 0 Å². The van der Waals surface area contributed by atoms with E-state index in [1.807, 2.05) is 0 Å². The molecule has 0 atom stereocenters. The van der Waals surface area contributed by atoms with Crippen LogP contribution in [0.2, 0.25) is 0 Å². The van der Waals surface area contributed by atoms with Crippen LogP contribution in [0, 0.1) is 0 Å². The summed E-state index contributed by atoms with van der Waals surface area (Å²) >= 11 is 0. The van der Waals surface area contributed by atoms with E-state index in [4.69, 9.17) is 9.47 Å². The normalized spacial score (nSPS) is 13.3. The fraction of sp³-hybridized carbons (Fsp3) is 0.0638. The molecular weight excluding hydrogens is 597 g/mol. The lowest BCUT2D eigenvalue weighted by atomic mass is 9.69. The Labute approximate surface area is 285 Å². The number of benzene rings is 8. The van der Waals surface area contributed by atoms with Gasteiger partial charge in [0.1, 0.15) is 11.5 Å². The van der Waals surface area contributed by atoms with E-state index < -0.39 is 5.41 Å². The van der Waals surface area contributed by atoms with Crippen molar-refractivity contribution < 1.29 is 9.47 Å². The average molecular weight is 629 g/mol. The summed E-state index contributed by atoms with van der Waals surface area (Å²) in [5.74, 6) is 1.74. The second kappa shape index (κ2) is 10.4. The third-order valence-corrected chi connectivity index (χ3v) is 10.9. The first kappa shape index (κ1) is 27.9. The molecule has 8 aromatic carbocycles. The molecule has 0 fully saturated rings. The molecule has 0 radical (unpaired) electrons. The first-order valence-corrected chi connectivity index (χ1v) is 16.8. The van der Waals surface area contributed by atoms with Crippen LogP contribution in [0.5, 0.6) is 11.5 Å². The van der Waals surface area contributed by atoms with Gasteiger partial charge in [0.2, 0.25) is 0 Å². The van der Waals surface area contributed by atoms with Gasteiger partial charge in [-0.1, -0.05) is 146 Å². The summed E-state index contributed by atoms with van der Waals surface area (Å²) in [6, 6.07) is 57.3. The maximum absolute atomic E-state index is 6.39. The van der Waals surface area contributed by atoms with Crippen molar-refractivity contribution in [2.75, 3.05) is 14.2 Å². The maximum atomic E-state index is 6.39. The minimum absolute atomic E-state index is 0.671. The second-order valence-electron chi connectivity index (χ2n) is 13.0. The van der Waals surface area contributed by atoms with Crippen LogP contribution in [-0.2, 0) is 5.41 Å². The van der Waals surface area contributed by atoms with Crippen molar-refractivity contribution >= 4 is 21.5 Å². The minimum atomic E-state index is -0.671. The molecule has 0 saturated carbocycles. The van der Waals surface area contributed by atoms with Crippen molar-refractivity contribution in [1.29, 1.82) is 0 Å². The Kier molecular flexibility index (Phi) is 5.95. The number of ether oxygens (including phenoxy) is 2. The molecule has 2 aliphatic carbocycles. The van der Waals surface area contributed by atoms with Crippen LogP contribution in [0.25, 0.3) is 66.1 Å². The summed E-state index contributed by atoms with van der Waals surface area (Å²) in [6.45, 7) is 0. The van der Waals surface area contributed by atoms with Crippen molar-refractivity contribution in [3.05, 3.63) is 180 Å². The largest absolute Gasteiger partial charge is 0.496 e. The fourth-order valence-corrected chi connectivity index (χ4v) is 9.05.